The summed E-state index contributed by atoms with van der Waals surface area (Å²) in [6, 6.07) is 0. The van der Waals surface area contributed by atoms with Gasteiger partial charge in [-0.15, -0.1) is 0 Å². The maximum absolute atomic E-state index is 11.5. The Balaban J connectivity index is 3.00. The molecule has 1 aliphatic rings. The van der Waals surface area contributed by atoms with E-state index in [2.05, 4.69) is 41.5 Å². The van der Waals surface area contributed by atoms with Crippen LogP contribution in [0.25, 0.3) is 0 Å². The summed E-state index contributed by atoms with van der Waals surface area (Å²) >= 11 is 0. The van der Waals surface area contributed by atoms with Crippen molar-refractivity contribution in [1.29, 1.82) is 0 Å². The Hall–Kier alpha value is 0.00688. The molecule has 3 atom stereocenters. The smallest absolute Gasteiger partial charge is 0.264 e. The van der Waals surface area contributed by atoms with Crippen molar-refractivity contribution in [2.75, 3.05) is 12.9 Å². The number of hydrogen-bond acceptors (Lipinski definition) is 6. The predicted molar refractivity (Wildman–Crippen MR) is 106 cm³/mol. The largest absolute Gasteiger partial charge is 0.413 e. The summed E-state index contributed by atoms with van der Waals surface area (Å²) in [6.07, 6.45) is -0.471. The minimum atomic E-state index is -3.57. The van der Waals surface area contributed by atoms with E-state index in [0.29, 0.717) is 23.2 Å². The van der Waals surface area contributed by atoms with Crippen LogP contribution in [0.5, 0.6) is 0 Å². The Bertz CT molecular complexity index is 536. The van der Waals surface area contributed by atoms with Gasteiger partial charge in [0.25, 0.3) is 10.1 Å². The summed E-state index contributed by atoms with van der Waals surface area (Å²) in [5.74, 6) is -0.800. The fourth-order valence-corrected chi connectivity index (χ4v) is 10.6. The lowest BCUT2D eigenvalue weighted by molar-refractivity contribution is -0.154. The van der Waals surface area contributed by atoms with Gasteiger partial charge < -0.3 is 13.9 Å². The van der Waals surface area contributed by atoms with Crippen LogP contribution >= 0.6 is 0 Å². The quantitative estimate of drug-likeness (QED) is 0.422. The van der Waals surface area contributed by atoms with Gasteiger partial charge in [-0.25, -0.2) is 0 Å². The van der Waals surface area contributed by atoms with Crippen molar-refractivity contribution in [3.63, 3.8) is 0 Å². The second-order valence-electron chi connectivity index (χ2n) is 8.77. The molecule has 0 N–H and O–H groups in total. The molecule has 0 saturated carbocycles. The van der Waals surface area contributed by atoms with Crippen LogP contribution in [-0.2, 0) is 28.2 Å². The van der Waals surface area contributed by atoms with Crippen molar-refractivity contribution in [1.82, 2.24) is 0 Å². The Morgan fingerprint density at radius 1 is 0.962 bits per heavy atom. The van der Waals surface area contributed by atoms with Crippen molar-refractivity contribution < 1.29 is 26.5 Å². The van der Waals surface area contributed by atoms with Crippen LogP contribution in [0, 0.1) is 0 Å². The first-order valence-corrected chi connectivity index (χ1v) is 13.5. The van der Waals surface area contributed by atoms with E-state index in [9.17, 15) is 8.42 Å². The lowest BCUT2D eigenvalue weighted by Crippen LogP contribution is -2.50. The van der Waals surface area contributed by atoms with Crippen molar-refractivity contribution >= 4 is 18.4 Å². The highest BCUT2D eigenvalue weighted by molar-refractivity contribution is 7.86. The summed E-state index contributed by atoms with van der Waals surface area (Å²) in [6.45, 7) is 19.1. The molecule has 0 aromatic carbocycles. The zero-order valence-corrected chi connectivity index (χ0v) is 19.8. The number of hydrogen-bond donors (Lipinski definition) is 0. The van der Waals surface area contributed by atoms with Crippen LogP contribution in [-0.4, -0.2) is 53.7 Å². The molecule has 0 aliphatic carbocycles. The molecule has 1 rings (SSSR count). The fraction of sp³-hybridized carbons (Fsp3) is 1.00. The van der Waals surface area contributed by atoms with Gasteiger partial charge in [-0.2, -0.15) is 8.42 Å². The van der Waals surface area contributed by atoms with Gasteiger partial charge in [-0.1, -0.05) is 41.5 Å². The molecule has 0 bridgehead atoms. The molecule has 26 heavy (non-hydrogen) atoms. The van der Waals surface area contributed by atoms with Gasteiger partial charge in [0.2, 0.25) is 0 Å². The van der Waals surface area contributed by atoms with Crippen LogP contribution in [0.4, 0.5) is 0 Å². The molecule has 0 spiro atoms. The first-order valence-electron chi connectivity index (χ1n) is 9.50. The molecular formula is C18H38O6SSi. The van der Waals surface area contributed by atoms with Gasteiger partial charge in [0.15, 0.2) is 14.1 Å². The SMILES string of the molecule is CC(C)[Si](OC[C@H]1OC(C)(C)O[C@H]1[C@@H](C)OS(C)(=O)=O)(C(C)C)C(C)C. The van der Waals surface area contributed by atoms with Crippen molar-refractivity contribution in [3.8, 4) is 0 Å². The summed E-state index contributed by atoms with van der Waals surface area (Å²) in [5.41, 5.74) is 1.38. The standard InChI is InChI=1S/C18H38O6SSi/c1-12(2)26(13(3)4,14(5)6)21-11-16-17(23-18(8,9)22-16)15(7)24-25(10,19)20/h12-17H,11H2,1-10H3/t15-,16-,17+/m1/s1. The first kappa shape index (κ1) is 24.0. The topological polar surface area (TPSA) is 71.1 Å². The van der Waals surface area contributed by atoms with Gasteiger partial charge in [-0.3, -0.25) is 4.18 Å². The molecule has 0 aromatic rings. The molecule has 0 radical (unpaired) electrons. The average Bonchev–Trinajstić information content (AvgIpc) is 2.71. The van der Waals surface area contributed by atoms with Gasteiger partial charge in [0.1, 0.15) is 18.3 Å². The zero-order chi connectivity index (χ0) is 20.5. The third-order valence-electron chi connectivity index (χ3n) is 5.22. The lowest BCUT2D eigenvalue weighted by atomic mass is 10.1. The van der Waals surface area contributed by atoms with E-state index in [-0.39, 0.29) is 6.10 Å². The second-order valence-corrected chi connectivity index (χ2v) is 15.8. The van der Waals surface area contributed by atoms with Crippen molar-refractivity contribution in [2.24, 2.45) is 0 Å². The predicted octanol–water partition coefficient (Wildman–Crippen LogP) is 4.06. The molecule has 1 heterocycles. The maximum atomic E-state index is 11.5. The van der Waals surface area contributed by atoms with E-state index < -0.39 is 36.4 Å². The Morgan fingerprint density at radius 3 is 1.81 bits per heavy atom. The maximum Gasteiger partial charge on any atom is 0.264 e. The summed E-state index contributed by atoms with van der Waals surface area (Å²) in [4.78, 5) is 0. The molecule has 8 heteroatoms. The lowest BCUT2D eigenvalue weighted by Gasteiger charge is -2.43. The normalized spacial score (nSPS) is 25.4. The van der Waals surface area contributed by atoms with E-state index >= 15 is 0 Å². The third kappa shape index (κ3) is 5.75. The highest BCUT2D eigenvalue weighted by atomic mass is 32.2. The van der Waals surface area contributed by atoms with Gasteiger partial charge in [0, 0.05) is 0 Å². The summed E-state index contributed by atoms with van der Waals surface area (Å²) in [5, 5.41) is 0. The van der Waals surface area contributed by atoms with Gasteiger partial charge >= 0.3 is 0 Å². The van der Waals surface area contributed by atoms with Crippen LogP contribution in [0.2, 0.25) is 16.6 Å². The van der Waals surface area contributed by atoms with E-state index in [1.165, 1.54) is 0 Å². The Kier molecular flexibility index (Phi) is 7.93. The van der Waals surface area contributed by atoms with Gasteiger partial charge in [0.05, 0.1) is 12.9 Å². The van der Waals surface area contributed by atoms with Crippen LogP contribution in [0.3, 0.4) is 0 Å². The van der Waals surface area contributed by atoms with Crippen LogP contribution in [0.1, 0.15) is 62.3 Å². The molecule has 1 saturated heterocycles. The van der Waals surface area contributed by atoms with E-state index in [4.69, 9.17) is 18.1 Å². The Morgan fingerprint density at radius 2 is 1.42 bits per heavy atom. The highest BCUT2D eigenvalue weighted by Gasteiger charge is 2.49. The molecule has 156 valence electrons. The highest BCUT2D eigenvalue weighted by Crippen LogP contribution is 2.43. The van der Waals surface area contributed by atoms with E-state index in [0.717, 1.165) is 6.26 Å². The molecule has 6 nitrogen and oxygen atoms in total. The van der Waals surface area contributed by atoms with Crippen molar-refractivity contribution in [3.05, 3.63) is 0 Å². The fourth-order valence-electron chi connectivity index (χ4n) is 4.45. The number of ether oxygens (including phenoxy) is 2. The molecule has 1 fully saturated rings. The Labute approximate surface area is 161 Å². The average molecular weight is 411 g/mol. The summed E-state index contributed by atoms with van der Waals surface area (Å²) < 4.78 is 46.8. The van der Waals surface area contributed by atoms with Crippen molar-refractivity contribution in [2.45, 2.75) is 103 Å². The van der Waals surface area contributed by atoms with Crippen LogP contribution < -0.4 is 0 Å². The third-order valence-corrected chi connectivity index (χ3v) is 11.9. The number of rotatable bonds is 9. The molecular weight excluding hydrogens is 372 g/mol. The molecule has 0 amide bonds. The minimum absolute atomic E-state index is 0.370. The molecule has 0 unspecified atom stereocenters. The van der Waals surface area contributed by atoms with E-state index in [1.807, 2.05) is 13.8 Å². The zero-order valence-electron chi connectivity index (χ0n) is 18.0. The summed E-state index contributed by atoms with van der Waals surface area (Å²) in [7, 11) is -5.62. The molecule has 1 aliphatic heterocycles. The van der Waals surface area contributed by atoms with Crippen LogP contribution in [0.15, 0.2) is 0 Å². The minimum Gasteiger partial charge on any atom is -0.413 e. The monoisotopic (exact) mass is 410 g/mol. The van der Waals surface area contributed by atoms with E-state index in [1.54, 1.807) is 6.92 Å². The van der Waals surface area contributed by atoms with Gasteiger partial charge in [-0.05, 0) is 37.4 Å². The first-order chi connectivity index (χ1) is 11.6. The molecule has 0 aromatic heterocycles. The second kappa shape index (κ2) is 8.57.